The van der Waals surface area contributed by atoms with Crippen LogP contribution in [-0.2, 0) is 12.6 Å². The van der Waals surface area contributed by atoms with Crippen LogP contribution < -0.4 is 5.32 Å². The Morgan fingerprint density at radius 2 is 1.78 bits per heavy atom. The zero-order chi connectivity index (χ0) is 16.7. The van der Waals surface area contributed by atoms with Crippen molar-refractivity contribution >= 4 is 6.08 Å². The largest absolute Gasteiger partial charge is 0.416 e. The van der Waals surface area contributed by atoms with Crippen molar-refractivity contribution < 1.29 is 13.2 Å². The van der Waals surface area contributed by atoms with Gasteiger partial charge in [0.25, 0.3) is 0 Å². The monoisotopic (exact) mass is 319 g/mol. The summed E-state index contributed by atoms with van der Waals surface area (Å²) in [5.41, 5.74) is 1.22. The van der Waals surface area contributed by atoms with Gasteiger partial charge in [0, 0.05) is 12.6 Å². The fourth-order valence-corrected chi connectivity index (χ4v) is 2.33. The summed E-state index contributed by atoms with van der Waals surface area (Å²) in [5, 5.41) is 3.29. The molecule has 0 bridgehead atoms. The van der Waals surface area contributed by atoms with Gasteiger partial charge in [-0.25, -0.2) is 0 Å². The molecule has 0 aliphatic rings. The minimum atomic E-state index is -4.29. The Kier molecular flexibility index (Phi) is 5.99. The average Bonchev–Trinajstić information content (AvgIpc) is 2.52. The van der Waals surface area contributed by atoms with E-state index in [0.29, 0.717) is 18.5 Å². The maximum Gasteiger partial charge on any atom is 0.416 e. The number of benzene rings is 2. The number of hydrogen-bond acceptors (Lipinski definition) is 1. The van der Waals surface area contributed by atoms with Crippen molar-refractivity contribution in [3.63, 3.8) is 0 Å². The molecule has 0 aliphatic carbocycles. The molecule has 0 amide bonds. The van der Waals surface area contributed by atoms with Gasteiger partial charge in [-0.2, -0.15) is 13.2 Å². The van der Waals surface area contributed by atoms with Gasteiger partial charge in [-0.3, -0.25) is 0 Å². The van der Waals surface area contributed by atoms with Crippen LogP contribution >= 0.6 is 0 Å². The van der Waals surface area contributed by atoms with Crippen LogP contribution in [0.15, 0.2) is 60.7 Å². The fourth-order valence-electron chi connectivity index (χ4n) is 2.33. The first kappa shape index (κ1) is 17.3. The summed E-state index contributed by atoms with van der Waals surface area (Å²) in [5.74, 6) is 0. The van der Waals surface area contributed by atoms with Crippen molar-refractivity contribution in [3.05, 3.63) is 77.4 Å². The number of alkyl halides is 3. The van der Waals surface area contributed by atoms with E-state index in [-0.39, 0.29) is 6.04 Å². The summed E-state index contributed by atoms with van der Waals surface area (Å²) in [7, 11) is 0. The predicted molar refractivity (Wildman–Crippen MR) is 88.1 cm³/mol. The van der Waals surface area contributed by atoms with Crippen LogP contribution in [0.5, 0.6) is 0 Å². The molecular formula is C19H20F3N. The molecule has 0 radical (unpaired) electrons. The lowest BCUT2D eigenvalue weighted by Gasteiger charge is -2.14. The fraction of sp³-hybridized carbons (Fsp3) is 0.263. The molecule has 1 atom stereocenters. The summed E-state index contributed by atoms with van der Waals surface area (Å²) in [6.45, 7) is 2.64. The van der Waals surface area contributed by atoms with Crippen LogP contribution in [0.2, 0.25) is 0 Å². The summed E-state index contributed by atoms with van der Waals surface area (Å²) in [6.07, 6.45) is 0.302. The quantitative estimate of drug-likeness (QED) is 0.795. The molecule has 0 heterocycles. The minimum Gasteiger partial charge on any atom is -0.310 e. The zero-order valence-electron chi connectivity index (χ0n) is 13.0. The lowest BCUT2D eigenvalue weighted by molar-refractivity contribution is -0.137. The van der Waals surface area contributed by atoms with E-state index < -0.39 is 11.7 Å². The second-order valence-electron chi connectivity index (χ2n) is 5.52. The van der Waals surface area contributed by atoms with E-state index in [1.54, 1.807) is 6.07 Å². The van der Waals surface area contributed by atoms with Crippen LogP contribution in [0.3, 0.4) is 0 Å². The first-order chi connectivity index (χ1) is 10.9. The van der Waals surface area contributed by atoms with Gasteiger partial charge in [-0.15, -0.1) is 0 Å². The van der Waals surface area contributed by atoms with Gasteiger partial charge in [-0.1, -0.05) is 60.7 Å². The normalized spacial score (nSPS) is 13.4. The van der Waals surface area contributed by atoms with Gasteiger partial charge in [0.05, 0.1) is 5.56 Å². The number of halogens is 3. The predicted octanol–water partition coefficient (Wildman–Crippen LogP) is 4.94. The topological polar surface area (TPSA) is 12.0 Å². The molecule has 0 aliphatic heterocycles. The van der Waals surface area contributed by atoms with Gasteiger partial charge in [0.1, 0.15) is 0 Å². The zero-order valence-corrected chi connectivity index (χ0v) is 13.0. The first-order valence-electron chi connectivity index (χ1n) is 7.56. The molecule has 1 unspecified atom stereocenters. The summed E-state index contributed by atoms with van der Waals surface area (Å²) < 4.78 is 38.1. The standard InChI is InChI=1S/C19H20F3N/c1-15(23-12-6-10-16-7-3-2-4-8-16)13-17-9-5-11-18(14-17)19(20,21)22/h2-11,14-15,23H,12-13H2,1H3/b10-6+. The molecule has 1 nitrogen and oxygen atoms in total. The number of hydrogen-bond donors (Lipinski definition) is 1. The lowest BCUT2D eigenvalue weighted by atomic mass is 10.0. The molecule has 0 saturated carbocycles. The van der Waals surface area contributed by atoms with Crippen LogP contribution in [-0.4, -0.2) is 12.6 Å². The van der Waals surface area contributed by atoms with Crippen molar-refractivity contribution in [1.82, 2.24) is 5.32 Å². The van der Waals surface area contributed by atoms with E-state index in [2.05, 4.69) is 5.32 Å². The third-order valence-electron chi connectivity index (χ3n) is 3.49. The SMILES string of the molecule is CC(Cc1cccc(C(F)(F)F)c1)NC/C=C/c1ccccc1. The van der Waals surface area contributed by atoms with Gasteiger partial charge in [-0.05, 0) is 30.5 Å². The Bertz CT molecular complexity index is 633. The Hall–Kier alpha value is -2.07. The minimum absolute atomic E-state index is 0.0962. The van der Waals surface area contributed by atoms with E-state index >= 15 is 0 Å². The van der Waals surface area contributed by atoms with Crippen molar-refractivity contribution in [1.29, 1.82) is 0 Å². The second-order valence-corrected chi connectivity index (χ2v) is 5.52. The summed E-state index contributed by atoms with van der Waals surface area (Å²) in [4.78, 5) is 0. The highest BCUT2D eigenvalue weighted by molar-refractivity contribution is 5.48. The van der Waals surface area contributed by atoms with Crippen LogP contribution in [0.1, 0.15) is 23.6 Å². The van der Waals surface area contributed by atoms with E-state index in [1.165, 1.54) is 12.1 Å². The molecule has 0 spiro atoms. The van der Waals surface area contributed by atoms with E-state index in [4.69, 9.17) is 0 Å². The maximum absolute atomic E-state index is 12.7. The first-order valence-corrected chi connectivity index (χ1v) is 7.56. The lowest BCUT2D eigenvalue weighted by Crippen LogP contribution is -2.28. The average molecular weight is 319 g/mol. The van der Waals surface area contributed by atoms with Crippen molar-refractivity contribution in [2.45, 2.75) is 25.6 Å². The molecule has 1 N–H and O–H groups in total. The van der Waals surface area contributed by atoms with Crippen molar-refractivity contribution in [2.24, 2.45) is 0 Å². The third kappa shape index (κ3) is 5.91. The molecule has 2 aromatic carbocycles. The van der Waals surface area contributed by atoms with Crippen LogP contribution in [0.25, 0.3) is 6.08 Å². The van der Waals surface area contributed by atoms with Crippen LogP contribution in [0.4, 0.5) is 13.2 Å². The third-order valence-corrected chi connectivity index (χ3v) is 3.49. The molecule has 2 rings (SSSR count). The highest BCUT2D eigenvalue weighted by Crippen LogP contribution is 2.29. The van der Waals surface area contributed by atoms with E-state index in [1.807, 2.05) is 49.4 Å². The number of nitrogens with one attached hydrogen (secondary N) is 1. The highest BCUT2D eigenvalue weighted by Gasteiger charge is 2.30. The van der Waals surface area contributed by atoms with Crippen molar-refractivity contribution in [2.75, 3.05) is 6.54 Å². The molecule has 122 valence electrons. The Balaban J connectivity index is 1.83. The molecule has 0 aromatic heterocycles. The molecule has 0 fully saturated rings. The highest BCUT2D eigenvalue weighted by atomic mass is 19.4. The Morgan fingerprint density at radius 3 is 2.48 bits per heavy atom. The van der Waals surface area contributed by atoms with Gasteiger partial charge >= 0.3 is 6.18 Å². The summed E-state index contributed by atoms with van der Waals surface area (Å²) >= 11 is 0. The molecular weight excluding hydrogens is 299 g/mol. The maximum atomic E-state index is 12.7. The van der Waals surface area contributed by atoms with Gasteiger partial charge < -0.3 is 5.32 Å². The van der Waals surface area contributed by atoms with Gasteiger partial charge in [0.15, 0.2) is 0 Å². The van der Waals surface area contributed by atoms with Gasteiger partial charge in [0.2, 0.25) is 0 Å². The van der Waals surface area contributed by atoms with E-state index in [0.717, 1.165) is 11.6 Å². The second kappa shape index (κ2) is 7.97. The molecule has 4 heteroatoms. The van der Waals surface area contributed by atoms with Crippen LogP contribution in [0, 0.1) is 0 Å². The number of rotatable bonds is 6. The molecule has 0 saturated heterocycles. The Morgan fingerprint density at radius 1 is 1.04 bits per heavy atom. The smallest absolute Gasteiger partial charge is 0.310 e. The Labute approximate surface area is 134 Å². The van der Waals surface area contributed by atoms with E-state index in [9.17, 15) is 13.2 Å². The molecule has 2 aromatic rings. The summed E-state index contributed by atoms with van der Waals surface area (Å²) in [6, 6.07) is 15.6. The molecule has 23 heavy (non-hydrogen) atoms. The van der Waals surface area contributed by atoms with Crippen molar-refractivity contribution in [3.8, 4) is 0 Å².